The summed E-state index contributed by atoms with van der Waals surface area (Å²) in [6, 6.07) is 5.15. The van der Waals surface area contributed by atoms with Crippen molar-refractivity contribution in [3.8, 4) is 0 Å². The molecule has 0 saturated carbocycles. The maximum atomic E-state index is 12.7. The van der Waals surface area contributed by atoms with Crippen molar-refractivity contribution >= 4 is 35.1 Å². The third-order valence-electron chi connectivity index (χ3n) is 4.64. The largest absolute Gasteiger partial charge is 0.462 e. The molecule has 0 radical (unpaired) electrons. The second kappa shape index (κ2) is 8.72. The first-order chi connectivity index (χ1) is 11.9. The van der Waals surface area contributed by atoms with Crippen molar-refractivity contribution in [1.82, 2.24) is 5.32 Å². The van der Waals surface area contributed by atoms with Gasteiger partial charge in [-0.1, -0.05) is 56.0 Å². The van der Waals surface area contributed by atoms with Crippen molar-refractivity contribution in [3.05, 3.63) is 45.1 Å². The molecule has 1 aromatic carbocycles. The van der Waals surface area contributed by atoms with E-state index in [0.717, 1.165) is 12.8 Å². The number of nitrogens with one attached hydrogen (secondary N) is 1. The van der Waals surface area contributed by atoms with Crippen molar-refractivity contribution in [2.45, 2.75) is 46.0 Å². The van der Waals surface area contributed by atoms with Crippen LogP contribution >= 0.6 is 23.2 Å². The molecule has 0 bridgehead atoms. The van der Waals surface area contributed by atoms with Crippen LogP contribution in [0.25, 0.3) is 0 Å². The molecule has 1 aliphatic heterocycles. The predicted octanol–water partition coefficient (Wildman–Crippen LogP) is 4.85. The number of hydrogen-bond donors (Lipinski definition) is 1. The fraction of sp³-hybridized carbons (Fsp3) is 0.474. The lowest BCUT2D eigenvalue weighted by molar-refractivity contribution is -0.141. The summed E-state index contributed by atoms with van der Waals surface area (Å²) < 4.78 is 5.53. The number of rotatable bonds is 6. The van der Waals surface area contributed by atoms with Crippen LogP contribution in [0, 0.1) is 5.92 Å². The minimum absolute atomic E-state index is 0.107. The van der Waals surface area contributed by atoms with Crippen LogP contribution in [0.2, 0.25) is 10.0 Å². The van der Waals surface area contributed by atoms with E-state index in [-0.39, 0.29) is 12.3 Å². The zero-order valence-corrected chi connectivity index (χ0v) is 16.2. The Morgan fingerprint density at radius 1 is 1.28 bits per heavy atom. The number of carbonyl (C=O) groups is 2. The third kappa shape index (κ3) is 4.56. The van der Waals surface area contributed by atoms with E-state index in [1.54, 1.807) is 25.1 Å². The van der Waals surface area contributed by atoms with E-state index in [4.69, 9.17) is 27.9 Å². The average molecular weight is 384 g/mol. The van der Waals surface area contributed by atoms with Crippen LogP contribution in [0.1, 0.15) is 51.5 Å². The predicted molar refractivity (Wildman–Crippen MR) is 99.7 cm³/mol. The van der Waals surface area contributed by atoms with Crippen molar-refractivity contribution in [2.75, 3.05) is 6.61 Å². The third-order valence-corrected chi connectivity index (χ3v) is 5.30. The van der Waals surface area contributed by atoms with Crippen molar-refractivity contribution in [3.63, 3.8) is 0 Å². The molecule has 1 heterocycles. The number of allylic oxidation sites excluding steroid dienone is 1. The monoisotopic (exact) mass is 383 g/mol. The van der Waals surface area contributed by atoms with E-state index >= 15 is 0 Å². The summed E-state index contributed by atoms with van der Waals surface area (Å²) in [5, 5.41) is 3.59. The molecule has 0 fully saturated rings. The van der Waals surface area contributed by atoms with Gasteiger partial charge in [0.1, 0.15) is 0 Å². The van der Waals surface area contributed by atoms with E-state index in [9.17, 15) is 9.59 Å². The SMILES string of the molecule is CCC(CC)COC(=O)C1=C(C)NC(=O)CC1c1c(Cl)cccc1Cl. The molecule has 0 aliphatic carbocycles. The molecule has 4 nitrogen and oxygen atoms in total. The lowest BCUT2D eigenvalue weighted by Gasteiger charge is -2.28. The van der Waals surface area contributed by atoms with Gasteiger partial charge >= 0.3 is 5.97 Å². The number of ether oxygens (including phenoxy) is 1. The van der Waals surface area contributed by atoms with Gasteiger partial charge in [-0.2, -0.15) is 0 Å². The number of hydrogen-bond acceptors (Lipinski definition) is 3. The van der Waals surface area contributed by atoms with Crippen molar-refractivity contribution in [1.29, 1.82) is 0 Å². The Kier molecular flexibility index (Phi) is 6.91. The summed E-state index contributed by atoms with van der Waals surface area (Å²) in [6.07, 6.45) is 1.99. The molecule has 136 valence electrons. The van der Waals surface area contributed by atoms with Gasteiger partial charge in [0, 0.05) is 28.1 Å². The van der Waals surface area contributed by atoms with Crippen LogP contribution in [-0.4, -0.2) is 18.5 Å². The fourth-order valence-corrected chi connectivity index (χ4v) is 3.72. The van der Waals surface area contributed by atoms with Crippen LogP contribution in [0.5, 0.6) is 0 Å². The Hall–Kier alpha value is -1.52. The Morgan fingerprint density at radius 2 is 1.88 bits per heavy atom. The summed E-state index contributed by atoms with van der Waals surface area (Å²) in [7, 11) is 0. The molecule has 1 N–H and O–H groups in total. The number of amides is 1. The van der Waals surface area contributed by atoms with Crippen LogP contribution in [0.15, 0.2) is 29.5 Å². The highest BCUT2D eigenvalue weighted by atomic mass is 35.5. The molecule has 0 aromatic heterocycles. The van der Waals surface area contributed by atoms with E-state index < -0.39 is 11.9 Å². The number of halogens is 2. The Balaban J connectivity index is 2.36. The van der Waals surface area contributed by atoms with Gasteiger partial charge in [0.25, 0.3) is 0 Å². The molecule has 1 aromatic rings. The minimum atomic E-state index is -0.510. The van der Waals surface area contributed by atoms with Crippen LogP contribution < -0.4 is 5.32 Å². The second-order valence-corrected chi connectivity index (χ2v) is 7.07. The van der Waals surface area contributed by atoms with Gasteiger partial charge in [-0.15, -0.1) is 0 Å². The highest BCUT2D eigenvalue weighted by molar-refractivity contribution is 6.36. The van der Waals surface area contributed by atoms with Gasteiger partial charge in [-0.05, 0) is 30.5 Å². The molecular weight excluding hydrogens is 361 g/mol. The van der Waals surface area contributed by atoms with Gasteiger partial charge in [0.05, 0.1) is 12.2 Å². The molecule has 25 heavy (non-hydrogen) atoms. The molecule has 1 aliphatic rings. The average Bonchev–Trinajstić information content (AvgIpc) is 2.55. The maximum Gasteiger partial charge on any atom is 0.336 e. The Bertz CT molecular complexity index is 676. The van der Waals surface area contributed by atoms with Crippen LogP contribution in [0.4, 0.5) is 0 Å². The summed E-state index contributed by atoms with van der Waals surface area (Å²) in [6.45, 7) is 6.20. The van der Waals surface area contributed by atoms with E-state index in [2.05, 4.69) is 19.2 Å². The Labute approximate surface area is 158 Å². The fourth-order valence-electron chi connectivity index (χ4n) is 3.06. The highest BCUT2D eigenvalue weighted by Crippen LogP contribution is 2.40. The normalized spacial score (nSPS) is 17.7. The summed E-state index contributed by atoms with van der Waals surface area (Å²) >= 11 is 12.6. The smallest absolute Gasteiger partial charge is 0.336 e. The van der Waals surface area contributed by atoms with E-state index in [1.807, 2.05) is 0 Å². The van der Waals surface area contributed by atoms with Crippen molar-refractivity contribution in [2.24, 2.45) is 5.92 Å². The first-order valence-electron chi connectivity index (χ1n) is 8.50. The van der Waals surface area contributed by atoms with Gasteiger partial charge in [-0.25, -0.2) is 4.79 Å². The van der Waals surface area contributed by atoms with E-state index in [1.165, 1.54) is 0 Å². The zero-order valence-electron chi connectivity index (χ0n) is 14.7. The second-order valence-electron chi connectivity index (χ2n) is 6.26. The van der Waals surface area contributed by atoms with Crippen LogP contribution in [-0.2, 0) is 14.3 Å². The summed E-state index contributed by atoms with van der Waals surface area (Å²) in [5.41, 5.74) is 1.50. The molecule has 1 amide bonds. The number of benzene rings is 1. The highest BCUT2D eigenvalue weighted by Gasteiger charge is 2.35. The summed E-state index contributed by atoms with van der Waals surface area (Å²) in [5.74, 6) is -0.782. The number of carbonyl (C=O) groups excluding carboxylic acids is 2. The standard InChI is InChI=1S/C19H23Cl2NO3/c1-4-12(5-2)10-25-19(24)17-11(3)22-16(23)9-13(17)18-14(20)7-6-8-15(18)21/h6-8,12-13H,4-5,9-10H2,1-3H3,(H,22,23). The van der Waals surface area contributed by atoms with Gasteiger partial charge in [0.15, 0.2) is 0 Å². The van der Waals surface area contributed by atoms with Gasteiger partial charge in [-0.3, -0.25) is 4.79 Å². The number of esters is 1. The van der Waals surface area contributed by atoms with Gasteiger partial charge < -0.3 is 10.1 Å². The lowest BCUT2D eigenvalue weighted by atomic mass is 9.84. The molecule has 0 saturated heterocycles. The lowest BCUT2D eigenvalue weighted by Crippen LogP contribution is -2.34. The first kappa shape index (κ1) is 19.8. The minimum Gasteiger partial charge on any atom is -0.462 e. The molecular formula is C19H23Cl2NO3. The maximum absolute atomic E-state index is 12.7. The Morgan fingerprint density at radius 3 is 2.44 bits per heavy atom. The molecule has 1 atom stereocenters. The quantitative estimate of drug-likeness (QED) is 0.714. The molecule has 1 unspecified atom stereocenters. The van der Waals surface area contributed by atoms with Crippen molar-refractivity contribution < 1.29 is 14.3 Å². The van der Waals surface area contributed by atoms with Gasteiger partial charge in [0.2, 0.25) is 5.91 Å². The summed E-state index contributed by atoms with van der Waals surface area (Å²) in [4.78, 5) is 24.8. The van der Waals surface area contributed by atoms with Crippen LogP contribution in [0.3, 0.4) is 0 Å². The first-order valence-corrected chi connectivity index (χ1v) is 9.26. The molecule has 6 heteroatoms. The topological polar surface area (TPSA) is 55.4 Å². The molecule has 2 rings (SSSR count). The molecule has 0 spiro atoms. The van der Waals surface area contributed by atoms with E-state index in [0.29, 0.717) is 39.4 Å². The zero-order chi connectivity index (χ0) is 18.6.